The van der Waals surface area contributed by atoms with E-state index in [1.54, 1.807) is 31.4 Å². The van der Waals surface area contributed by atoms with Gasteiger partial charge in [0.1, 0.15) is 11.8 Å². The molecular weight excluding hydrogens is 476 g/mol. The van der Waals surface area contributed by atoms with E-state index in [0.29, 0.717) is 17.0 Å². The van der Waals surface area contributed by atoms with Crippen molar-refractivity contribution in [3.05, 3.63) is 114 Å². The number of Topliss-reactive ketones (excluding diaryl/α,β-unsaturated/α-hetero) is 1. The highest BCUT2D eigenvalue weighted by Crippen LogP contribution is 2.53. The van der Waals surface area contributed by atoms with E-state index in [2.05, 4.69) is 0 Å². The Hall–Kier alpha value is -4.71. The predicted octanol–water partition coefficient (Wildman–Crippen LogP) is 5.25. The Morgan fingerprint density at radius 1 is 0.789 bits per heavy atom. The van der Waals surface area contributed by atoms with Crippen molar-refractivity contribution in [1.29, 1.82) is 0 Å². The molecule has 0 unspecified atom stereocenters. The highest BCUT2D eigenvalue weighted by molar-refractivity contribution is 6.25. The molecule has 0 spiro atoms. The van der Waals surface area contributed by atoms with Gasteiger partial charge in [-0.3, -0.25) is 14.4 Å². The predicted molar refractivity (Wildman–Crippen MR) is 145 cm³/mol. The lowest BCUT2D eigenvalue weighted by molar-refractivity contribution is -0.123. The van der Waals surface area contributed by atoms with Crippen LogP contribution in [0.4, 0.5) is 5.69 Å². The summed E-state index contributed by atoms with van der Waals surface area (Å²) in [6.07, 6.45) is 3.83. The number of rotatable bonds is 4. The highest BCUT2D eigenvalue weighted by Gasteiger charge is 2.64. The molecule has 6 heteroatoms. The van der Waals surface area contributed by atoms with E-state index in [1.807, 2.05) is 83.9 Å². The summed E-state index contributed by atoms with van der Waals surface area (Å²) in [4.78, 5) is 45.5. The molecule has 0 radical (unpaired) electrons. The van der Waals surface area contributed by atoms with Gasteiger partial charge in [-0.1, -0.05) is 54.6 Å². The monoisotopic (exact) mass is 500 g/mol. The summed E-state index contributed by atoms with van der Waals surface area (Å²) in [6, 6.07) is 27.0. The minimum Gasteiger partial charge on any atom is -0.497 e. The molecule has 0 saturated carbocycles. The number of hydrogen-bond acceptors (Lipinski definition) is 5. The maximum atomic E-state index is 14.1. The maximum Gasteiger partial charge on any atom is 0.240 e. The van der Waals surface area contributed by atoms with E-state index in [-0.39, 0.29) is 17.6 Å². The molecule has 7 rings (SSSR count). The molecule has 6 nitrogen and oxygen atoms in total. The van der Waals surface area contributed by atoms with Crippen molar-refractivity contribution in [3.8, 4) is 5.75 Å². The summed E-state index contributed by atoms with van der Waals surface area (Å²) >= 11 is 0. The van der Waals surface area contributed by atoms with Crippen LogP contribution in [0.15, 0.2) is 97.2 Å². The van der Waals surface area contributed by atoms with Crippen molar-refractivity contribution in [2.24, 2.45) is 11.8 Å². The van der Waals surface area contributed by atoms with Gasteiger partial charge in [-0.15, -0.1) is 0 Å². The van der Waals surface area contributed by atoms with Gasteiger partial charge in [0.05, 0.1) is 30.7 Å². The summed E-state index contributed by atoms with van der Waals surface area (Å²) in [7, 11) is 1.57. The third kappa shape index (κ3) is 3.16. The van der Waals surface area contributed by atoms with Crippen LogP contribution >= 0.6 is 0 Å². The average Bonchev–Trinajstić information content (AvgIpc) is 3.44. The number of methoxy groups -OCH3 is 1. The zero-order chi connectivity index (χ0) is 26.0. The molecule has 4 aromatic rings. The topological polar surface area (TPSA) is 66.9 Å². The largest absolute Gasteiger partial charge is 0.497 e. The zero-order valence-electron chi connectivity index (χ0n) is 20.7. The molecule has 2 saturated heterocycles. The molecule has 2 amide bonds. The lowest BCUT2D eigenvalue weighted by Gasteiger charge is -2.35. The Morgan fingerprint density at radius 3 is 2.29 bits per heavy atom. The Kier molecular flexibility index (Phi) is 4.98. The molecule has 0 aromatic heterocycles. The number of anilines is 1. The van der Waals surface area contributed by atoms with Gasteiger partial charge >= 0.3 is 0 Å². The normalized spacial score (nSPS) is 23.4. The second-order valence-electron chi connectivity index (χ2n) is 9.97. The highest BCUT2D eigenvalue weighted by atomic mass is 16.5. The number of nitrogens with zero attached hydrogens (tertiary/aromatic N) is 2. The third-order valence-electron chi connectivity index (χ3n) is 8.10. The summed E-state index contributed by atoms with van der Waals surface area (Å²) < 4.78 is 5.26. The van der Waals surface area contributed by atoms with Gasteiger partial charge in [0.2, 0.25) is 11.8 Å². The molecule has 3 heterocycles. The van der Waals surface area contributed by atoms with Crippen molar-refractivity contribution in [1.82, 2.24) is 4.90 Å². The zero-order valence-corrected chi connectivity index (χ0v) is 20.7. The minimum absolute atomic E-state index is 0.185. The molecule has 0 bridgehead atoms. The molecule has 3 aliphatic heterocycles. The second kappa shape index (κ2) is 8.42. The van der Waals surface area contributed by atoms with Gasteiger partial charge in [0.25, 0.3) is 0 Å². The first kappa shape index (κ1) is 22.5. The quantitative estimate of drug-likeness (QED) is 0.283. The molecule has 4 aromatic carbocycles. The van der Waals surface area contributed by atoms with E-state index < -0.39 is 23.9 Å². The first-order chi connectivity index (χ1) is 18.6. The fourth-order valence-electron chi connectivity index (χ4n) is 6.35. The van der Waals surface area contributed by atoms with Crippen LogP contribution in [0.25, 0.3) is 16.8 Å². The Bertz CT molecular complexity index is 1660. The fraction of sp³-hybridized carbons (Fsp3) is 0.156. The molecule has 0 N–H and O–H groups in total. The van der Waals surface area contributed by atoms with E-state index in [4.69, 9.17) is 4.74 Å². The van der Waals surface area contributed by atoms with Crippen LogP contribution < -0.4 is 9.64 Å². The summed E-state index contributed by atoms with van der Waals surface area (Å²) in [6.45, 7) is 0. The fourth-order valence-corrected chi connectivity index (χ4v) is 6.35. The van der Waals surface area contributed by atoms with Gasteiger partial charge in [-0.2, -0.15) is 0 Å². The first-order valence-electron chi connectivity index (χ1n) is 12.7. The molecule has 3 aliphatic rings. The van der Waals surface area contributed by atoms with E-state index in [0.717, 1.165) is 21.9 Å². The van der Waals surface area contributed by atoms with Crippen LogP contribution in [0.3, 0.4) is 0 Å². The SMILES string of the molecule is COc1ccc(C(=O)[C@@H]2[C@@H]3C(=O)N(c4ccc5ccccc5c4)C(=O)[C@@H]3[C@H]3c4ccccc4C=CN23)cc1. The Balaban J connectivity index is 1.35. The number of carbonyl (C=O) groups is 3. The van der Waals surface area contributed by atoms with Crippen molar-refractivity contribution >= 4 is 40.1 Å². The smallest absolute Gasteiger partial charge is 0.240 e. The lowest BCUT2D eigenvalue weighted by atomic mass is 9.83. The van der Waals surface area contributed by atoms with Gasteiger partial charge in [0, 0.05) is 11.8 Å². The number of fused-ring (bicyclic) bond motifs is 6. The van der Waals surface area contributed by atoms with Crippen LogP contribution in [0, 0.1) is 11.8 Å². The van der Waals surface area contributed by atoms with Crippen molar-refractivity contribution in [2.75, 3.05) is 12.0 Å². The van der Waals surface area contributed by atoms with Crippen LogP contribution in [-0.2, 0) is 9.59 Å². The van der Waals surface area contributed by atoms with E-state index in [1.165, 1.54) is 4.90 Å². The molecule has 0 aliphatic carbocycles. The second-order valence-corrected chi connectivity index (χ2v) is 9.97. The van der Waals surface area contributed by atoms with Gasteiger partial charge in [-0.25, -0.2) is 4.90 Å². The summed E-state index contributed by atoms with van der Waals surface area (Å²) in [5.74, 6) is -1.61. The summed E-state index contributed by atoms with van der Waals surface area (Å²) in [5, 5.41) is 1.97. The number of ketones is 1. The standard InChI is InChI=1S/C32H24N2O4/c1-38-24-14-11-21(12-15-24)30(35)29-27-26(28-25-9-5-4-7-20(25)16-17-33(28)29)31(36)34(32(27)37)23-13-10-19-6-2-3-8-22(19)18-23/h2-18,26-29H,1H3/t26-,27+,28+,29-/m0/s1. The van der Waals surface area contributed by atoms with Gasteiger partial charge < -0.3 is 9.64 Å². The number of benzene rings is 4. The van der Waals surface area contributed by atoms with Gasteiger partial charge in [-0.05, 0) is 64.4 Å². The number of amides is 2. The maximum absolute atomic E-state index is 14.1. The number of hydrogen-bond donors (Lipinski definition) is 0. The lowest BCUT2D eigenvalue weighted by Crippen LogP contribution is -2.44. The van der Waals surface area contributed by atoms with E-state index in [9.17, 15) is 14.4 Å². The summed E-state index contributed by atoms with van der Waals surface area (Å²) in [5.41, 5.74) is 2.97. The Morgan fingerprint density at radius 2 is 1.50 bits per heavy atom. The average molecular weight is 501 g/mol. The van der Waals surface area contributed by atoms with Crippen LogP contribution in [-0.4, -0.2) is 35.6 Å². The third-order valence-corrected chi connectivity index (χ3v) is 8.10. The minimum atomic E-state index is -0.802. The first-order valence-corrected chi connectivity index (χ1v) is 12.7. The van der Waals surface area contributed by atoms with E-state index >= 15 is 0 Å². The number of carbonyl (C=O) groups excluding carboxylic acids is 3. The van der Waals surface area contributed by atoms with Crippen molar-refractivity contribution in [3.63, 3.8) is 0 Å². The van der Waals surface area contributed by atoms with Gasteiger partial charge in [0.15, 0.2) is 5.78 Å². The number of imide groups is 1. The molecule has 2 fully saturated rings. The van der Waals surface area contributed by atoms with Crippen molar-refractivity contribution in [2.45, 2.75) is 12.1 Å². The molecule has 4 atom stereocenters. The molecule has 38 heavy (non-hydrogen) atoms. The number of ether oxygens (including phenoxy) is 1. The van der Waals surface area contributed by atoms with Crippen LogP contribution in [0.1, 0.15) is 27.5 Å². The Labute approximate surface area is 219 Å². The molecular formula is C32H24N2O4. The van der Waals surface area contributed by atoms with Crippen molar-refractivity contribution < 1.29 is 19.1 Å². The van der Waals surface area contributed by atoms with Crippen LogP contribution in [0.2, 0.25) is 0 Å². The van der Waals surface area contributed by atoms with Crippen LogP contribution in [0.5, 0.6) is 5.75 Å². The molecule has 186 valence electrons.